The lowest BCUT2D eigenvalue weighted by Crippen LogP contribution is -1.93. The quantitative estimate of drug-likeness (QED) is 0.175. The molecule has 0 amide bonds. The molecule has 1 heteroatoms. The van der Waals surface area contributed by atoms with E-state index in [0.29, 0.717) is 21.9 Å². The second-order valence-corrected chi connectivity index (χ2v) is 11.8. The molecule has 0 aliphatic carbocycles. The van der Waals surface area contributed by atoms with Crippen molar-refractivity contribution in [3.63, 3.8) is 0 Å². The molecule has 10 rings (SSSR count). The Morgan fingerprint density at radius 2 is 0.918 bits per heavy atom. The fourth-order valence-corrected chi connectivity index (χ4v) is 7.08. The third kappa shape index (κ3) is 4.33. The summed E-state index contributed by atoms with van der Waals surface area (Å²) in [6.45, 7) is 0. The maximum atomic E-state index is 9.49. The number of hydrogen-bond donors (Lipinski definition) is 0. The van der Waals surface area contributed by atoms with Crippen molar-refractivity contribution in [2.45, 2.75) is 0 Å². The van der Waals surface area contributed by atoms with Gasteiger partial charge >= 0.3 is 0 Å². The van der Waals surface area contributed by atoms with Gasteiger partial charge in [-0.25, -0.2) is 0 Å². The van der Waals surface area contributed by atoms with Crippen LogP contribution in [0.15, 0.2) is 186 Å². The van der Waals surface area contributed by atoms with Crippen molar-refractivity contribution >= 4 is 54.3 Å². The van der Waals surface area contributed by atoms with Gasteiger partial charge in [0.05, 0.1) is 17.8 Å². The topological polar surface area (TPSA) is 13.1 Å². The van der Waals surface area contributed by atoms with Crippen LogP contribution in [0, 0.1) is 0 Å². The van der Waals surface area contributed by atoms with E-state index in [2.05, 4.69) is 12.1 Å². The van der Waals surface area contributed by atoms with Gasteiger partial charge in [0.2, 0.25) is 0 Å². The van der Waals surface area contributed by atoms with Gasteiger partial charge in [-0.3, -0.25) is 0 Å². The molecule has 0 bridgehead atoms. The van der Waals surface area contributed by atoms with Crippen LogP contribution in [-0.2, 0) is 0 Å². The van der Waals surface area contributed by atoms with Gasteiger partial charge in [-0.15, -0.1) is 0 Å². The number of fused-ring (bicyclic) bond motifs is 7. The molecule has 1 heterocycles. The number of rotatable bonds is 4. The Balaban J connectivity index is 1.33. The molecule has 228 valence electrons. The van der Waals surface area contributed by atoms with E-state index in [4.69, 9.17) is 16.8 Å². The van der Waals surface area contributed by atoms with Crippen molar-refractivity contribution in [2.75, 3.05) is 0 Å². The van der Waals surface area contributed by atoms with E-state index in [1.807, 2.05) is 91.0 Å². The average Bonchev–Trinajstić information content (AvgIpc) is 3.68. The standard InChI is InChI=1S/C48H30O/c1-2-13-31(14-3-1)32-25-27-34(28-26-32)35-16-6-7-18-37(35)45-38-19-8-10-21-40(38)46(41-22-11-9-20-39(41)45)42-23-12-24-44-47(42)43-30-29-33-15-4-5-17-36(33)48(43)49-44/h1-30H/i1D,2D,3D,6D,7D,13D,14D,16D,18D,25D,26D,27D,28D. The van der Waals surface area contributed by atoms with Gasteiger partial charge in [0.15, 0.2) is 0 Å². The molecular formula is C48H30O. The molecule has 0 aliphatic heterocycles. The van der Waals surface area contributed by atoms with Gasteiger partial charge in [0.25, 0.3) is 0 Å². The monoisotopic (exact) mass is 635 g/mol. The summed E-state index contributed by atoms with van der Waals surface area (Å²) in [5.41, 5.74) is 1.71. The zero-order valence-corrected chi connectivity index (χ0v) is 25.7. The highest BCUT2D eigenvalue weighted by atomic mass is 16.3. The van der Waals surface area contributed by atoms with Gasteiger partial charge in [-0.2, -0.15) is 0 Å². The van der Waals surface area contributed by atoms with Gasteiger partial charge in [0.1, 0.15) is 11.2 Å². The fraction of sp³-hybridized carbons (Fsp3) is 0. The molecule has 0 saturated carbocycles. The average molecular weight is 636 g/mol. The first-order valence-electron chi connectivity index (χ1n) is 22.3. The first kappa shape index (κ1) is 17.6. The van der Waals surface area contributed by atoms with Gasteiger partial charge in [0, 0.05) is 16.2 Å². The zero-order chi connectivity index (χ0) is 43.6. The molecule has 49 heavy (non-hydrogen) atoms. The molecule has 1 aromatic heterocycles. The molecule has 0 N–H and O–H groups in total. The van der Waals surface area contributed by atoms with E-state index < -0.39 is 95.2 Å². The van der Waals surface area contributed by atoms with Crippen LogP contribution in [-0.4, -0.2) is 0 Å². The van der Waals surface area contributed by atoms with E-state index in [-0.39, 0.29) is 11.1 Å². The van der Waals surface area contributed by atoms with Crippen LogP contribution in [0.3, 0.4) is 0 Å². The Labute approximate surface area is 302 Å². The summed E-state index contributed by atoms with van der Waals surface area (Å²) >= 11 is 0. The van der Waals surface area contributed by atoms with Gasteiger partial charge in [-0.05, 0) is 83.6 Å². The minimum absolute atomic E-state index is 0.0512. The van der Waals surface area contributed by atoms with Crippen LogP contribution in [0.5, 0.6) is 0 Å². The Kier molecular flexibility index (Phi) is 3.99. The minimum Gasteiger partial charge on any atom is -0.455 e. The number of hydrogen-bond acceptors (Lipinski definition) is 1. The molecular weight excluding hydrogens is 593 g/mol. The summed E-state index contributed by atoms with van der Waals surface area (Å²) in [5.74, 6) is 0. The highest BCUT2D eigenvalue weighted by Crippen LogP contribution is 2.48. The molecule has 1 nitrogen and oxygen atoms in total. The lowest BCUT2D eigenvalue weighted by atomic mass is 9.83. The fourth-order valence-electron chi connectivity index (χ4n) is 7.08. The highest BCUT2D eigenvalue weighted by molar-refractivity contribution is 6.27. The van der Waals surface area contributed by atoms with E-state index in [0.717, 1.165) is 49.0 Å². The van der Waals surface area contributed by atoms with Gasteiger partial charge < -0.3 is 4.42 Å². The Morgan fingerprint density at radius 3 is 1.61 bits per heavy atom. The highest BCUT2D eigenvalue weighted by Gasteiger charge is 2.22. The summed E-state index contributed by atoms with van der Waals surface area (Å²) in [5, 5.41) is 6.47. The largest absolute Gasteiger partial charge is 0.455 e. The third-order valence-corrected chi connectivity index (χ3v) is 9.15. The van der Waals surface area contributed by atoms with E-state index in [1.54, 1.807) is 0 Å². The van der Waals surface area contributed by atoms with Crippen LogP contribution in [0.1, 0.15) is 17.8 Å². The SMILES string of the molecule is [2H]c1c([2H])c([2H])c(-c2c([2H])c([2H])c(-c3c([2H])c([2H])c([2H])c([2H])c3-c3c4ccccc4c(-c4cccc5oc6c7ccccc7ccc6c45)c4ccccc34)c([2H])c2[2H])c([2H])c1[2H]. The maximum Gasteiger partial charge on any atom is 0.143 e. The zero-order valence-electron chi connectivity index (χ0n) is 38.7. The Bertz CT molecular complexity index is 3510. The van der Waals surface area contributed by atoms with Crippen molar-refractivity contribution < 1.29 is 22.2 Å². The van der Waals surface area contributed by atoms with Crippen molar-refractivity contribution in [2.24, 2.45) is 0 Å². The molecule has 0 saturated heterocycles. The second kappa shape index (κ2) is 11.1. The van der Waals surface area contributed by atoms with E-state index >= 15 is 0 Å². The van der Waals surface area contributed by atoms with Gasteiger partial charge in [-0.1, -0.05) is 170 Å². The van der Waals surface area contributed by atoms with Crippen LogP contribution in [0.2, 0.25) is 0 Å². The molecule has 0 fully saturated rings. The molecule has 0 aliphatic rings. The van der Waals surface area contributed by atoms with Crippen LogP contribution < -0.4 is 0 Å². The summed E-state index contributed by atoms with van der Waals surface area (Å²) in [6, 6.07) is 24.3. The first-order chi connectivity index (χ1) is 29.7. The first-order valence-corrected chi connectivity index (χ1v) is 15.8. The summed E-state index contributed by atoms with van der Waals surface area (Å²) in [6.07, 6.45) is 0. The van der Waals surface area contributed by atoms with E-state index in [1.165, 1.54) is 0 Å². The maximum absolute atomic E-state index is 9.49. The molecule has 10 aromatic rings. The van der Waals surface area contributed by atoms with Crippen molar-refractivity contribution in [1.29, 1.82) is 0 Å². The lowest BCUT2D eigenvalue weighted by Gasteiger charge is -2.20. The predicted octanol–water partition coefficient (Wildman–Crippen LogP) is 13.7. The lowest BCUT2D eigenvalue weighted by molar-refractivity contribution is 0.673. The number of furan rings is 1. The predicted molar refractivity (Wildman–Crippen MR) is 208 cm³/mol. The van der Waals surface area contributed by atoms with E-state index in [9.17, 15) is 5.48 Å². The van der Waals surface area contributed by atoms with Crippen molar-refractivity contribution in [3.05, 3.63) is 182 Å². The summed E-state index contributed by atoms with van der Waals surface area (Å²) in [4.78, 5) is 0. The normalized spacial score (nSPS) is 15.4. The molecule has 0 atom stereocenters. The smallest absolute Gasteiger partial charge is 0.143 e. The molecule has 0 radical (unpaired) electrons. The number of benzene rings is 9. The summed E-state index contributed by atoms with van der Waals surface area (Å²) < 4.78 is 122. The van der Waals surface area contributed by atoms with Crippen LogP contribution in [0.4, 0.5) is 0 Å². The van der Waals surface area contributed by atoms with Crippen LogP contribution >= 0.6 is 0 Å². The van der Waals surface area contributed by atoms with Crippen molar-refractivity contribution in [1.82, 2.24) is 0 Å². The second-order valence-electron chi connectivity index (χ2n) is 11.8. The Hall–Kier alpha value is -6.44. The van der Waals surface area contributed by atoms with Crippen molar-refractivity contribution in [3.8, 4) is 44.5 Å². The molecule has 9 aromatic carbocycles. The molecule has 0 unspecified atom stereocenters. The summed E-state index contributed by atoms with van der Waals surface area (Å²) in [7, 11) is 0. The molecule has 0 spiro atoms. The van der Waals surface area contributed by atoms with Crippen LogP contribution in [0.25, 0.3) is 98.8 Å². The minimum atomic E-state index is -0.740. The Morgan fingerprint density at radius 1 is 0.367 bits per heavy atom. The third-order valence-electron chi connectivity index (χ3n) is 9.15.